The molecule has 0 radical (unpaired) electrons. The molecule has 8 nitrogen and oxygen atoms in total. The van der Waals surface area contributed by atoms with Gasteiger partial charge in [0.05, 0.1) is 39.9 Å². The molecule has 348 valence electrons. The van der Waals surface area contributed by atoms with Gasteiger partial charge in [-0.15, -0.1) is 0 Å². The van der Waals surface area contributed by atoms with Crippen LogP contribution in [0.1, 0.15) is 258 Å². The van der Waals surface area contributed by atoms with E-state index in [1.54, 1.807) is 0 Å². The molecule has 2 N–H and O–H groups in total. The first kappa shape index (κ1) is 57.5. The van der Waals surface area contributed by atoms with Crippen LogP contribution in [0.3, 0.4) is 0 Å². The van der Waals surface area contributed by atoms with Gasteiger partial charge < -0.3 is 28.8 Å². The molecular formula is C49H101N2O6P. The summed E-state index contributed by atoms with van der Waals surface area (Å²) in [6, 6.07) is -0.793. The molecule has 0 rings (SSSR count). The minimum Gasteiger partial charge on any atom is -0.756 e. The van der Waals surface area contributed by atoms with Crippen LogP contribution in [-0.4, -0.2) is 68.5 Å². The number of likely N-dealkylation sites (N-methyl/N-ethyl adjacent to an activating group) is 1. The number of nitrogens with zero attached hydrogens (tertiary/aromatic N) is 1. The molecule has 3 atom stereocenters. The van der Waals surface area contributed by atoms with Crippen molar-refractivity contribution in [2.45, 2.75) is 270 Å². The van der Waals surface area contributed by atoms with E-state index in [-0.39, 0.29) is 19.1 Å². The smallest absolute Gasteiger partial charge is 0.268 e. The maximum Gasteiger partial charge on any atom is 0.268 e. The lowest BCUT2D eigenvalue weighted by Gasteiger charge is -2.30. The number of phosphoric acid groups is 1. The molecule has 0 aliphatic carbocycles. The molecule has 9 heteroatoms. The molecule has 0 bridgehead atoms. The van der Waals surface area contributed by atoms with Crippen molar-refractivity contribution in [3.8, 4) is 0 Å². The molecule has 1 amide bonds. The Balaban J connectivity index is 4.10. The lowest BCUT2D eigenvalue weighted by molar-refractivity contribution is -0.870. The number of aliphatic hydroxyl groups is 1. The van der Waals surface area contributed by atoms with Gasteiger partial charge in [-0.3, -0.25) is 9.36 Å². The molecular weight excluding hydrogens is 744 g/mol. The molecule has 0 saturated carbocycles. The lowest BCUT2D eigenvalue weighted by Crippen LogP contribution is -2.46. The van der Waals surface area contributed by atoms with Crippen LogP contribution in [0.25, 0.3) is 0 Å². The monoisotopic (exact) mass is 845 g/mol. The quantitative estimate of drug-likeness (QED) is 0.0359. The summed E-state index contributed by atoms with van der Waals surface area (Å²) in [5, 5.41) is 13.9. The summed E-state index contributed by atoms with van der Waals surface area (Å²) in [5.41, 5.74) is 0. The number of carbonyl (C=O) groups excluding carboxylic acids is 1. The molecule has 0 aliphatic rings. The second-order valence-corrected chi connectivity index (χ2v) is 20.3. The Hall–Kier alpha value is -0.500. The fourth-order valence-electron chi connectivity index (χ4n) is 7.81. The first-order chi connectivity index (χ1) is 28.0. The average Bonchev–Trinajstić information content (AvgIpc) is 3.17. The van der Waals surface area contributed by atoms with Gasteiger partial charge in [0.25, 0.3) is 7.82 Å². The van der Waals surface area contributed by atoms with Crippen LogP contribution in [-0.2, 0) is 18.4 Å². The minimum absolute atomic E-state index is 0.0161. The molecule has 0 heterocycles. The number of amides is 1. The number of rotatable bonds is 47. The number of hydrogen-bond acceptors (Lipinski definition) is 6. The number of hydrogen-bond donors (Lipinski definition) is 2. The van der Waals surface area contributed by atoms with Gasteiger partial charge in [-0.2, -0.15) is 0 Å². The zero-order chi connectivity index (χ0) is 42.8. The van der Waals surface area contributed by atoms with E-state index in [1.807, 2.05) is 21.1 Å². The van der Waals surface area contributed by atoms with E-state index in [1.165, 1.54) is 193 Å². The summed E-state index contributed by atoms with van der Waals surface area (Å²) in [4.78, 5) is 25.3. The van der Waals surface area contributed by atoms with Gasteiger partial charge in [0.1, 0.15) is 13.2 Å². The number of unbranched alkanes of at least 4 members (excludes halogenated alkanes) is 34. The van der Waals surface area contributed by atoms with Crippen LogP contribution in [0.15, 0.2) is 0 Å². The Kier molecular flexibility index (Phi) is 41.5. The minimum atomic E-state index is -4.56. The van der Waals surface area contributed by atoms with E-state index in [4.69, 9.17) is 9.05 Å². The Labute approximate surface area is 361 Å². The van der Waals surface area contributed by atoms with Gasteiger partial charge in [0, 0.05) is 6.42 Å². The number of quaternary nitrogens is 1. The number of phosphoric ester groups is 1. The maximum atomic E-state index is 12.9. The average molecular weight is 845 g/mol. The van der Waals surface area contributed by atoms with Gasteiger partial charge in [-0.25, -0.2) is 0 Å². The van der Waals surface area contributed by atoms with Crippen LogP contribution in [0, 0.1) is 0 Å². The molecule has 0 spiro atoms. The fourth-order valence-corrected chi connectivity index (χ4v) is 8.53. The fraction of sp³-hybridized carbons (Fsp3) is 0.980. The Morgan fingerprint density at radius 3 is 1.17 bits per heavy atom. The highest BCUT2D eigenvalue weighted by Crippen LogP contribution is 2.38. The lowest BCUT2D eigenvalue weighted by atomic mass is 10.0. The van der Waals surface area contributed by atoms with Crippen LogP contribution < -0.4 is 10.2 Å². The normalized spacial score (nSPS) is 14.1. The Morgan fingerprint density at radius 1 is 0.534 bits per heavy atom. The largest absolute Gasteiger partial charge is 0.756 e. The SMILES string of the molecule is CCCCCCCCCCCCCCCCCCCCCCCCCCCC(O)C(COP(=O)([O-])OCC[N+](C)(C)C)NC(=O)CCCCCCCCCCCCC. The third-order valence-corrected chi connectivity index (χ3v) is 12.8. The molecule has 0 aliphatic heterocycles. The van der Waals surface area contributed by atoms with Crippen LogP contribution in [0.4, 0.5) is 0 Å². The molecule has 3 unspecified atom stereocenters. The maximum absolute atomic E-state index is 12.9. The van der Waals surface area contributed by atoms with Crippen LogP contribution in [0.5, 0.6) is 0 Å². The molecule has 0 aromatic carbocycles. The summed E-state index contributed by atoms with van der Waals surface area (Å²) in [6.45, 7) is 4.74. The highest BCUT2D eigenvalue weighted by atomic mass is 31.2. The molecule has 0 fully saturated rings. The van der Waals surface area contributed by atoms with Crippen molar-refractivity contribution >= 4 is 13.7 Å². The second-order valence-electron chi connectivity index (χ2n) is 18.9. The zero-order valence-corrected chi connectivity index (χ0v) is 40.4. The standard InChI is InChI=1S/C49H101N2O6P/c1-6-8-10-12-14-16-18-19-20-21-22-23-24-25-26-27-28-29-30-31-33-34-36-38-40-42-48(52)47(46-57-58(54,55)56-45-44-51(3,4)5)50-49(53)43-41-39-37-35-32-17-15-13-11-9-7-2/h47-48,52H,6-46H2,1-5H3,(H-,50,53,54,55). The highest BCUT2D eigenvalue weighted by molar-refractivity contribution is 7.45. The van der Waals surface area contributed by atoms with E-state index in [9.17, 15) is 19.4 Å². The van der Waals surface area contributed by atoms with Crippen molar-refractivity contribution in [1.82, 2.24) is 5.32 Å². The van der Waals surface area contributed by atoms with Gasteiger partial charge in [0.15, 0.2) is 0 Å². The summed E-state index contributed by atoms with van der Waals surface area (Å²) in [7, 11) is 1.32. The van der Waals surface area contributed by atoms with E-state index in [0.717, 1.165) is 38.5 Å². The second kappa shape index (κ2) is 41.8. The van der Waals surface area contributed by atoms with Gasteiger partial charge in [0.2, 0.25) is 5.91 Å². The van der Waals surface area contributed by atoms with Gasteiger partial charge >= 0.3 is 0 Å². The summed E-state index contributed by atoms with van der Waals surface area (Å²) >= 11 is 0. The van der Waals surface area contributed by atoms with Crippen molar-refractivity contribution in [1.29, 1.82) is 0 Å². The summed E-state index contributed by atoms with van der Waals surface area (Å²) in [5.74, 6) is -0.162. The van der Waals surface area contributed by atoms with Crippen molar-refractivity contribution in [2.75, 3.05) is 40.9 Å². The predicted molar refractivity (Wildman–Crippen MR) is 247 cm³/mol. The number of aliphatic hydroxyl groups excluding tert-OH is 1. The Morgan fingerprint density at radius 2 is 0.845 bits per heavy atom. The molecule has 0 aromatic heterocycles. The zero-order valence-electron chi connectivity index (χ0n) is 39.5. The van der Waals surface area contributed by atoms with Crippen LogP contribution in [0.2, 0.25) is 0 Å². The third kappa shape index (κ3) is 43.6. The van der Waals surface area contributed by atoms with Crippen molar-refractivity contribution < 1.29 is 32.9 Å². The van der Waals surface area contributed by atoms with E-state index in [0.29, 0.717) is 23.9 Å². The van der Waals surface area contributed by atoms with Crippen molar-refractivity contribution in [3.63, 3.8) is 0 Å². The third-order valence-electron chi connectivity index (χ3n) is 11.8. The van der Waals surface area contributed by atoms with Crippen molar-refractivity contribution in [3.05, 3.63) is 0 Å². The molecule has 58 heavy (non-hydrogen) atoms. The van der Waals surface area contributed by atoms with Gasteiger partial charge in [-0.05, 0) is 12.8 Å². The van der Waals surface area contributed by atoms with E-state index in [2.05, 4.69) is 19.2 Å². The number of nitrogens with one attached hydrogen (secondary N) is 1. The van der Waals surface area contributed by atoms with Gasteiger partial charge in [-0.1, -0.05) is 239 Å². The first-order valence-electron chi connectivity index (χ1n) is 25.4. The topological polar surface area (TPSA) is 108 Å². The van der Waals surface area contributed by atoms with Crippen LogP contribution >= 0.6 is 7.82 Å². The first-order valence-corrected chi connectivity index (χ1v) is 26.8. The molecule has 0 saturated heterocycles. The van der Waals surface area contributed by atoms with E-state index < -0.39 is 20.0 Å². The predicted octanol–water partition coefficient (Wildman–Crippen LogP) is 13.9. The highest BCUT2D eigenvalue weighted by Gasteiger charge is 2.24. The number of carbonyl (C=O) groups is 1. The summed E-state index contributed by atoms with van der Waals surface area (Å²) < 4.78 is 23.3. The van der Waals surface area contributed by atoms with Crippen molar-refractivity contribution in [2.24, 2.45) is 0 Å². The molecule has 0 aromatic rings. The summed E-state index contributed by atoms with van der Waals surface area (Å²) in [6.07, 6.45) is 47.0. The van der Waals surface area contributed by atoms with E-state index >= 15 is 0 Å². The Bertz CT molecular complexity index is 916.